The highest BCUT2D eigenvalue weighted by molar-refractivity contribution is 8.03. The van der Waals surface area contributed by atoms with Crippen molar-refractivity contribution < 1.29 is 4.79 Å². The van der Waals surface area contributed by atoms with Gasteiger partial charge in [0.2, 0.25) is 5.91 Å². The summed E-state index contributed by atoms with van der Waals surface area (Å²) in [5.74, 6) is 1.36. The molecule has 5 nitrogen and oxygen atoms in total. The Hall–Kier alpha value is -2.03. The van der Waals surface area contributed by atoms with E-state index in [1.807, 2.05) is 50.2 Å². The number of anilines is 2. The molecule has 0 aliphatic carbocycles. The Labute approximate surface area is 197 Å². The van der Waals surface area contributed by atoms with Gasteiger partial charge in [0.25, 0.3) is 0 Å². The molecule has 1 aromatic heterocycles. The lowest BCUT2D eigenvalue weighted by molar-refractivity contribution is -0.115. The molecule has 0 aliphatic rings. The van der Waals surface area contributed by atoms with Crippen LogP contribution in [-0.2, 0) is 10.5 Å². The smallest absolute Gasteiger partial charge is 0.237 e. The Kier molecular flexibility index (Phi) is 8.40. The van der Waals surface area contributed by atoms with Crippen LogP contribution in [0.5, 0.6) is 0 Å². The first-order valence-electron chi connectivity index (χ1n) is 10.1. The third-order valence-electron chi connectivity index (χ3n) is 4.69. The number of carbonyl (C=O) groups excluding carboxylic acids is 1. The number of amides is 1. The molecule has 0 aliphatic heterocycles. The lowest BCUT2D eigenvalue weighted by Gasteiger charge is -2.14. The minimum absolute atomic E-state index is 0.0442. The zero-order chi connectivity index (χ0) is 22.4. The molecule has 1 N–H and O–H groups in total. The number of hydrogen-bond donors (Lipinski definition) is 1. The highest BCUT2D eigenvalue weighted by Crippen LogP contribution is 2.33. The van der Waals surface area contributed by atoms with Gasteiger partial charge in [-0.25, -0.2) is 0 Å². The van der Waals surface area contributed by atoms with Crippen LogP contribution >= 0.6 is 34.9 Å². The zero-order valence-corrected chi connectivity index (χ0v) is 20.9. The predicted octanol–water partition coefficient (Wildman–Crippen LogP) is 6.14. The van der Waals surface area contributed by atoms with Gasteiger partial charge in [-0.05, 0) is 48.2 Å². The van der Waals surface area contributed by atoms with Crippen molar-refractivity contribution in [2.45, 2.75) is 46.4 Å². The second-order valence-electron chi connectivity index (χ2n) is 7.71. The fourth-order valence-electron chi connectivity index (χ4n) is 2.74. The summed E-state index contributed by atoms with van der Waals surface area (Å²) in [5, 5.41) is 11.2. The second kappa shape index (κ2) is 11.0. The average molecular weight is 473 g/mol. The van der Waals surface area contributed by atoms with Crippen molar-refractivity contribution in [1.82, 2.24) is 10.2 Å². The van der Waals surface area contributed by atoms with Gasteiger partial charge >= 0.3 is 0 Å². The molecule has 31 heavy (non-hydrogen) atoms. The van der Waals surface area contributed by atoms with Gasteiger partial charge in [0, 0.05) is 31.2 Å². The molecule has 0 radical (unpaired) electrons. The van der Waals surface area contributed by atoms with E-state index >= 15 is 0 Å². The minimum Gasteiger partial charge on any atom is -0.378 e. The molecule has 1 unspecified atom stereocenters. The number of hydrogen-bond acceptors (Lipinski definition) is 7. The van der Waals surface area contributed by atoms with Gasteiger partial charge in [0.05, 0.1) is 5.25 Å². The summed E-state index contributed by atoms with van der Waals surface area (Å²) >= 11 is 4.65. The Morgan fingerprint density at radius 2 is 1.65 bits per heavy atom. The van der Waals surface area contributed by atoms with Crippen molar-refractivity contribution >= 4 is 52.1 Å². The van der Waals surface area contributed by atoms with Crippen LogP contribution in [0.1, 0.15) is 37.8 Å². The number of aromatic nitrogens is 2. The van der Waals surface area contributed by atoms with Crippen molar-refractivity contribution in [3.8, 4) is 0 Å². The van der Waals surface area contributed by atoms with E-state index < -0.39 is 0 Å². The first-order valence-corrected chi connectivity index (χ1v) is 12.8. The molecular formula is C23H28N4OS3. The van der Waals surface area contributed by atoms with Crippen LogP contribution < -0.4 is 10.2 Å². The molecule has 0 saturated carbocycles. The molecule has 1 heterocycles. The summed E-state index contributed by atoms with van der Waals surface area (Å²) in [5.41, 5.74) is 4.51. The predicted molar refractivity (Wildman–Crippen MR) is 135 cm³/mol. The fraction of sp³-hybridized carbons (Fsp3) is 0.348. The van der Waals surface area contributed by atoms with Crippen molar-refractivity contribution in [3.05, 3.63) is 59.7 Å². The number of rotatable bonds is 9. The maximum Gasteiger partial charge on any atom is 0.237 e. The molecule has 2 aromatic carbocycles. The second-order valence-corrected chi connectivity index (χ2v) is 11.5. The number of nitrogens with one attached hydrogen (secondary N) is 1. The summed E-state index contributed by atoms with van der Waals surface area (Å²) in [4.78, 5) is 14.6. The first-order chi connectivity index (χ1) is 14.8. The number of benzene rings is 2. The van der Waals surface area contributed by atoms with E-state index in [1.54, 1.807) is 11.8 Å². The lowest BCUT2D eigenvalue weighted by Crippen LogP contribution is -2.22. The van der Waals surface area contributed by atoms with E-state index in [0.29, 0.717) is 5.92 Å². The molecule has 1 atom stereocenters. The molecule has 1 amide bonds. The topological polar surface area (TPSA) is 58.1 Å². The summed E-state index contributed by atoms with van der Waals surface area (Å²) in [7, 11) is 3.98. The van der Waals surface area contributed by atoms with Crippen LogP contribution in [0, 0.1) is 0 Å². The Morgan fingerprint density at radius 1 is 1.00 bits per heavy atom. The van der Waals surface area contributed by atoms with Crippen LogP contribution in [0.4, 0.5) is 11.4 Å². The third kappa shape index (κ3) is 6.98. The minimum atomic E-state index is -0.261. The van der Waals surface area contributed by atoms with Crippen LogP contribution in [0.25, 0.3) is 0 Å². The van der Waals surface area contributed by atoms with E-state index in [0.717, 1.165) is 25.8 Å². The molecule has 3 aromatic rings. The Balaban J connectivity index is 1.49. The number of thioether (sulfide) groups is 2. The molecular weight excluding hydrogens is 444 g/mol. The summed E-state index contributed by atoms with van der Waals surface area (Å²) in [6.07, 6.45) is 0. The van der Waals surface area contributed by atoms with Gasteiger partial charge < -0.3 is 10.2 Å². The Morgan fingerprint density at radius 3 is 2.26 bits per heavy atom. The van der Waals surface area contributed by atoms with Crippen molar-refractivity contribution in [3.63, 3.8) is 0 Å². The molecule has 8 heteroatoms. The average Bonchev–Trinajstić information content (AvgIpc) is 3.20. The van der Waals surface area contributed by atoms with Crippen LogP contribution in [0.2, 0.25) is 0 Å². The Bertz CT molecular complexity index is 985. The number of nitrogens with zero attached hydrogens (tertiary/aromatic N) is 3. The monoisotopic (exact) mass is 472 g/mol. The van der Waals surface area contributed by atoms with Crippen LogP contribution in [-0.4, -0.2) is 35.4 Å². The van der Waals surface area contributed by atoms with Gasteiger partial charge in [-0.3, -0.25) is 4.79 Å². The zero-order valence-electron chi connectivity index (χ0n) is 18.5. The van der Waals surface area contributed by atoms with Gasteiger partial charge in [-0.15, -0.1) is 10.2 Å². The fourth-order valence-corrected chi connectivity index (χ4v) is 5.86. The number of carbonyl (C=O) groups is 1. The lowest BCUT2D eigenvalue weighted by atomic mass is 10.0. The summed E-state index contributed by atoms with van der Waals surface area (Å²) in [6.45, 7) is 6.29. The normalized spacial score (nSPS) is 12.1. The highest BCUT2D eigenvalue weighted by atomic mass is 32.2. The quantitative estimate of drug-likeness (QED) is 0.378. The molecule has 0 bridgehead atoms. The van der Waals surface area contributed by atoms with E-state index in [4.69, 9.17) is 0 Å². The van der Waals surface area contributed by atoms with E-state index in [1.165, 1.54) is 34.2 Å². The highest BCUT2D eigenvalue weighted by Gasteiger charge is 2.17. The van der Waals surface area contributed by atoms with Gasteiger partial charge in [-0.2, -0.15) is 0 Å². The van der Waals surface area contributed by atoms with Crippen LogP contribution in [0.3, 0.4) is 0 Å². The maximum absolute atomic E-state index is 12.5. The molecule has 0 saturated heterocycles. The van der Waals surface area contributed by atoms with E-state index in [9.17, 15) is 4.79 Å². The summed E-state index contributed by atoms with van der Waals surface area (Å²) in [6, 6.07) is 16.5. The molecule has 3 rings (SSSR count). The van der Waals surface area contributed by atoms with Crippen molar-refractivity contribution in [2.24, 2.45) is 0 Å². The standard InChI is InChI=1S/C23H28N4OS3/c1-15(2)18-8-6-17(7-9-18)14-29-22-25-26-23(31-22)30-16(3)21(28)24-19-10-12-20(13-11-19)27(4)5/h6-13,15-16H,14H2,1-5H3,(H,24,28). The van der Waals surface area contributed by atoms with Gasteiger partial charge in [0.1, 0.15) is 0 Å². The van der Waals surface area contributed by atoms with Crippen LogP contribution in [0.15, 0.2) is 57.2 Å². The van der Waals surface area contributed by atoms with Crippen molar-refractivity contribution in [1.29, 1.82) is 0 Å². The van der Waals surface area contributed by atoms with E-state index in [2.05, 4.69) is 53.6 Å². The molecule has 164 valence electrons. The van der Waals surface area contributed by atoms with Gasteiger partial charge in [-0.1, -0.05) is 73.0 Å². The first kappa shape index (κ1) is 23.6. The molecule has 0 spiro atoms. The van der Waals surface area contributed by atoms with Gasteiger partial charge in [0.15, 0.2) is 8.68 Å². The summed E-state index contributed by atoms with van der Waals surface area (Å²) < 4.78 is 1.73. The largest absolute Gasteiger partial charge is 0.378 e. The van der Waals surface area contributed by atoms with E-state index in [-0.39, 0.29) is 11.2 Å². The molecule has 0 fully saturated rings. The third-order valence-corrected chi connectivity index (χ3v) is 8.01. The maximum atomic E-state index is 12.5. The SMILES string of the molecule is CC(Sc1nnc(SCc2ccc(C(C)C)cc2)s1)C(=O)Nc1ccc(N(C)C)cc1. The van der Waals surface area contributed by atoms with Crippen molar-refractivity contribution in [2.75, 3.05) is 24.3 Å².